The Labute approximate surface area is 396 Å². The first kappa shape index (κ1) is 49.4. The number of carbonyl (C=O) groups excluding carboxylic acids is 3. The summed E-state index contributed by atoms with van der Waals surface area (Å²) in [5.41, 5.74) is 7.75. The minimum absolute atomic E-state index is 0.000347. The maximum atomic E-state index is 12.3. The van der Waals surface area contributed by atoms with E-state index in [0.29, 0.717) is 64.0 Å². The molecule has 0 spiro atoms. The van der Waals surface area contributed by atoms with E-state index in [4.69, 9.17) is 52.9 Å². The first-order valence-electron chi connectivity index (χ1n) is 21.3. The molecule has 6 aromatic rings. The van der Waals surface area contributed by atoms with Crippen LogP contribution in [-0.4, -0.2) is 101 Å². The van der Waals surface area contributed by atoms with Crippen LogP contribution in [-0.2, 0) is 33.4 Å². The van der Waals surface area contributed by atoms with Crippen molar-refractivity contribution in [3.05, 3.63) is 153 Å². The monoisotopic (exact) mass is 950 g/mol. The fourth-order valence-electron chi connectivity index (χ4n) is 7.35. The van der Waals surface area contributed by atoms with Crippen molar-refractivity contribution in [1.82, 2.24) is 29.1 Å². The van der Waals surface area contributed by atoms with Gasteiger partial charge in [-0.1, -0.05) is 47.5 Å². The third-order valence-corrected chi connectivity index (χ3v) is 10.8. The number of halogens is 2. The maximum Gasteiger partial charge on any atom is 0.344 e. The first-order valence-corrected chi connectivity index (χ1v) is 22.1. The molecule has 2 aliphatic heterocycles. The number of aliphatic imine (C=N–C) groups is 2. The molecule has 19 heteroatoms. The van der Waals surface area contributed by atoms with Crippen LogP contribution in [0.15, 0.2) is 108 Å². The average Bonchev–Trinajstić information content (AvgIpc) is 3.82. The van der Waals surface area contributed by atoms with Crippen molar-refractivity contribution in [2.24, 2.45) is 9.98 Å². The fraction of sp³-hybridized carbons (Fsp3) is 0.292. The first-order chi connectivity index (χ1) is 32.4. The van der Waals surface area contributed by atoms with Crippen LogP contribution >= 0.6 is 23.2 Å². The summed E-state index contributed by atoms with van der Waals surface area (Å²) in [7, 11) is 0. The molecule has 0 amide bonds. The van der Waals surface area contributed by atoms with Gasteiger partial charge in [-0.05, 0) is 89.1 Å². The number of rotatable bonds is 13. The van der Waals surface area contributed by atoms with Gasteiger partial charge in [0.05, 0.1) is 57.4 Å². The van der Waals surface area contributed by atoms with Crippen molar-refractivity contribution < 1.29 is 43.6 Å². The van der Waals surface area contributed by atoms with Crippen molar-refractivity contribution in [2.75, 3.05) is 26.4 Å². The molecule has 0 fully saturated rings. The molecule has 67 heavy (non-hydrogen) atoms. The van der Waals surface area contributed by atoms with Crippen LogP contribution in [0.5, 0.6) is 0 Å². The number of pyridine rings is 2. The topological polar surface area (TPSA) is 223 Å². The Morgan fingerprint density at radius 1 is 0.612 bits per heavy atom. The quantitative estimate of drug-likeness (QED) is 0.0845. The summed E-state index contributed by atoms with van der Waals surface area (Å²) in [5.74, 6) is -1.11. The Kier molecular flexibility index (Phi) is 17.2. The number of aliphatic hydroxyl groups is 1. The molecule has 2 aromatic carbocycles. The molecular weight excluding hydrogens is 903 g/mol. The van der Waals surface area contributed by atoms with Crippen LogP contribution in [0.3, 0.4) is 0 Å². The summed E-state index contributed by atoms with van der Waals surface area (Å²) in [6.45, 7) is 6.93. The third-order valence-electron chi connectivity index (χ3n) is 10.2. The van der Waals surface area contributed by atoms with Gasteiger partial charge in [-0.3, -0.25) is 38.7 Å². The van der Waals surface area contributed by atoms with Gasteiger partial charge in [-0.25, -0.2) is 19.6 Å². The predicted octanol–water partition coefficient (Wildman–Crippen LogP) is 7.54. The second-order valence-corrected chi connectivity index (χ2v) is 15.6. The lowest BCUT2D eigenvalue weighted by Crippen LogP contribution is -2.17. The van der Waals surface area contributed by atoms with E-state index in [1.807, 2.05) is 95.8 Å². The number of carboxylic acids is 1. The highest BCUT2D eigenvalue weighted by molar-refractivity contribution is 6.36. The van der Waals surface area contributed by atoms with Gasteiger partial charge in [0.15, 0.2) is 6.61 Å². The Balaban J connectivity index is 0.000000196. The largest absolute Gasteiger partial charge is 0.481 e. The Hall–Kier alpha value is -7.08. The molecule has 2 atom stereocenters. The highest BCUT2D eigenvalue weighted by Crippen LogP contribution is 2.38. The van der Waals surface area contributed by atoms with Crippen molar-refractivity contribution in [3.8, 4) is 11.4 Å². The molecular formula is C48H48Cl2N8O9. The van der Waals surface area contributed by atoms with Crippen LogP contribution in [0.4, 0.5) is 0 Å². The van der Waals surface area contributed by atoms with E-state index in [1.165, 1.54) is 0 Å². The summed E-state index contributed by atoms with van der Waals surface area (Å²) < 4.78 is 18.2. The lowest BCUT2D eigenvalue weighted by Gasteiger charge is -2.14. The van der Waals surface area contributed by atoms with E-state index in [0.717, 1.165) is 33.9 Å². The van der Waals surface area contributed by atoms with E-state index >= 15 is 0 Å². The van der Waals surface area contributed by atoms with Crippen molar-refractivity contribution >= 4 is 58.5 Å². The van der Waals surface area contributed by atoms with Crippen LogP contribution < -0.4 is 0 Å². The molecule has 0 unspecified atom stereocenters. The van der Waals surface area contributed by atoms with Gasteiger partial charge >= 0.3 is 23.9 Å². The van der Waals surface area contributed by atoms with Gasteiger partial charge in [0.1, 0.15) is 30.3 Å². The number of aliphatic hydroxyl groups excluding tert-OH is 1. The molecule has 0 bridgehead atoms. The lowest BCUT2D eigenvalue weighted by molar-refractivity contribution is -0.158. The SMILES string of the molecule is CCOC(=O)CO.CCOC(=O)COC(=O)CC[C@@H]1N=C(c2ccccn2)c2c(Cl)cccc2-n2c(C)cnc21.Cc1cnc2n1-c1cccc(Cl)c1C(c1ccccn1)=N[C@H]2CCC(=O)O. The standard InChI is InChI=1S/C24H23ClN4O4.C20H17ClN4O2.C4H8O3/c1-3-32-21(31)14-33-20(30)11-10-18-24-27-13-15(2)29(24)19-9-6-7-16(25)22(19)23(28-18)17-8-4-5-12-26-17;1-12-11-23-20-15(8-9-17(26)27)24-19(14-6-2-3-10-22-14)18-13(21)5-4-7-16(18)25(12)20;1-2-7-4(6)3-5/h4-9,12-13,18H,3,10-11,14H2,1-2H3;2-7,10-11,15H,8-9H2,1H3,(H,26,27);5H,2-3H2,1H3/t18-;15-;/m00./s1. The number of aromatic nitrogens is 6. The number of imidazole rings is 2. The molecule has 2 aliphatic rings. The number of esters is 3. The molecule has 6 heterocycles. The Morgan fingerprint density at radius 2 is 1.09 bits per heavy atom. The summed E-state index contributed by atoms with van der Waals surface area (Å²) >= 11 is 13.2. The fourth-order valence-corrected chi connectivity index (χ4v) is 7.87. The number of nitrogens with zero attached hydrogens (tertiary/aromatic N) is 8. The molecule has 348 valence electrons. The van der Waals surface area contributed by atoms with Crippen molar-refractivity contribution in [3.63, 3.8) is 0 Å². The number of hydrogen-bond acceptors (Lipinski definition) is 14. The van der Waals surface area contributed by atoms with Crippen molar-refractivity contribution in [1.29, 1.82) is 0 Å². The molecule has 0 saturated heterocycles. The highest BCUT2D eigenvalue weighted by atomic mass is 35.5. The minimum Gasteiger partial charge on any atom is -0.481 e. The summed E-state index contributed by atoms with van der Waals surface area (Å²) in [4.78, 5) is 72.8. The number of aryl methyl sites for hydroxylation is 2. The van der Waals surface area contributed by atoms with Gasteiger partial charge in [-0.2, -0.15) is 0 Å². The normalized spacial score (nSPS) is 14.3. The number of fused-ring (bicyclic) bond motifs is 6. The van der Waals surface area contributed by atoms with Crippen LogP contribution in [0.2, 0.25) is 10.0 Å². The third kappa shape index (κ3) is 12.0. The van der Waals surface area contributed by atoms with Gasteiger partial charge in [0.25, 0.3) is 0 Å². The van der Waals surface area contributed by atoms with E-state index in [1.54, 1.807) is 38.6 Å². The number of benzene rings is 2. The molecule has 8 rings (SSSR count). The van der Waals surface area contributed by atoms with Gasteiger partial charge < -0.3 is 24.4 Å². The van der Waals surface area contributed by atoms with E-state index in [2.05, 4.69) is 24.7 Å². The van der Waals surface area contributed by atoms with E-state index in [9.17, 15) is 19.2 Å². The second-order valence-electron chi connectivity index (χ2n) is 14.8. The van der Waals surface area contributed by atoms with Gasteiger partial charge in [0, 0.05) is 60.1 Å². The molecule has 0 radical (unpaired) electrons. The zero-order valence-corrected chi connectivity index (χ0v) is 38.6. The zero-order chi connectivity index (χ0) is 48.0. The molecule has 0 aliphatic carbocycles. The zero-order valence-electron chi connectivity index (χ0n) is 37.1. The molecule has 4 aromatic heterocycles. The average molecular weight is 952 g/mol. The Morgan fingerprint density at radius 3 is 1.51 bits per heavy atom. The number of hydrogen-bond donors (Lipinski definition) is 2. The maximum absolute atomic E-state index is 12.3. The van der Waals surface area contributed by atoms with Crippen LogP contribution in [0, 0.1) is 13.8 Å². The Bertz CT molecular complexity index is 2780. The lowest BCUT2D eigenvalue weighted by atomic mass is 10.0. The number of ether oxygens (including phenoxy) is 3. The van der Waals surface area contributed by atoms with Crippen LogP contribution in [0.25, 0.3) is 11.4 Å². The number of aliphatic carboxylic acids is 1. The molecule has 0 saturated carbocycles. The molecule has 2 N–H and O–H groups in total. The minimum atomic E-state index is -0.862. The molecule has 17 nitrogen and oxygen atoms in total. The summed E-state index contributed by atoms with van der Waals surface area (Å²) in [6.07, 6.45) is 7.68. The highest BCUT2D eigenvalue weighted by Gasteiger charge is 2.31. The van der Waals surface area contributed by atoms with Gasteiger partial charge in [0.2, 0.25) is 0 Å². The number of carboxylic acid groups (broad SMARTS) is 1. The number of carbonyl (C=O) groups is 4. The summed E-state index contributed by atoms with van der Waals surface area (Å²) in [5, 5.41) is 18.3. The van der Waals surface area contributed by atoms with E-state index in [-0.39, 0.29) is 19.4 Å². The van der Waals surface area contributed by atoms with Crippen molar-refractivity contribution in [2.45, 2.75) is 65.5 Å². The smallest absolute Gasteiger partial charge is 0.344 e. The van der Waals surface area contributed by atoms with Crippen LogP contribution in [0.1, 0.15) is 97.2 Å². The van der Waals surface area contributed by atoms with Gasteiger partial charge in [-0.15, -0.1) is 0 Å². The summed E-state index contributed by atoms with van der Waals surface area (Å²) in [6, 6.07) is 21.7. The second kappa shape index (κ2) is 23.4. The van der Waals surface area contributed by atoms with E-state index < -0.39 is 49.2 Å². The predicted molar refractivity (Wildman–Crippen MR) is 249 cm³/mol.